The Kier molecular flexibility index (Phi) is 5.94. The molecular weight excluding hydrogens is 385 g/mol. The van der Waals surface area contributed by atoms with Gasteiger partial charge in [-0.3, -0.25) is 4.79 Å². The van der Waals surface area contributed by atoms with Gasteiger partial charge in [0.25, 0.3) is 0 Å². The summed E-state index contributed by atoms with van der Waals surface area (Å²) in [5, 5.41) is 1.94. The second-order valence-electron chi connectivity index (χ2n) is 6.05. The summed E-state index contributed by atoms with van der Waals surface area (Å²) in [5.74, 6) is -0.419. The maximum absolute atomic E-state index is 12.9. The average molecular weight is 402 g/mol. The molecule has 3 N–H and O–H groups in total. The van der Waals surface area contributed by atoms with Gasteiger partial charge in [0.15, 0.2) is 0 Å². The number of thioether (sulfide) groups is 1. The Morgan fingerprint density at radius 1 is 0.929 bits per heavy atom. The number of alkyl halides is 3. The fourth-order valence-electron chi connectivity index (χ4n) is 2.61. The number of carbonyl (C=O) groups is 1. The molecule has 3 nitrogen and oxygen atoms in total. The zero-order chi connectivity index (χ0) is 20.1. The van der Waals surface area contributed by atoms with Gasteiger partial charge in [0.1, 0.15) is 5.25 Å². The average Bonchev–Trinajstić information content (AvgIpc) is 2.66. The summed E-state index contributed by atoms with van der Waals surface area (Å²) in [7, 11) is 0. The molecule has 1 amide bonds. The molecule has 0 spiro atoms. The lowest BCUT2D eigenvalue weighted by atomic mass is 10.1. The number of hydrogen-bond donors (Lipinski definition) is 2. The minimum Gasteiger partial charge on any atom is -0.399 e. The van der Waals surface area contributed by atoms with Crippen LogP contribution >= 0.6 is 11.8 Å². The Bertz CT molecular complexity index is 961. The Labute approximate surface area is 164 Å². The smallest absolute Gasteiger partial charge is 0.399 e. The maximum atomic E-state index is 12.9. The van der Waals surface area contributed by atoms with E-state index in [0.29, 0.717) is 5.69 Å². The van der Waals surface area contributed by atoms with Gasteiger partial charge in [-0.15, -0.1) is 11.8 Å². The molecule has 28 heavy (non-hydrogen) atoms. The van der Waals surface area contributed by atoms with E-state index in [4.69, 9.17) is 5.73 Å². The third kappa shape index (κ3) is 5.07. The molecule has 144 valence electrons. The Morgan fingerprint density at radius 2 is 1.64 bits per heavy atom. The van der Waals surface area contributed by atoms with E-state index in [-0.39, 0.29) is 5.69 Å². The first kappa shape index (κ1) is 19.8. The summed E-state index contributed by atoms with van der Waals surface area (Å²) in [6.07, 6.45) is -4.48. The minimum atomic E-state index is -4.48. The van der Waals surface area contributed by atoms with E-state index in [0.717, 1.165) is 22.6 Å². The van der Waals surface area contributed by atoms with Crippen molar-refractivity contribution in [2.24, 2.45) is 0 Å². The van der Waals surface area contributed by atoms with E-state index in [2.05, 4.69) is 5.32 Å². The van der Waals surface area contributed by atoms with Crippen LogP contribution in [-0.4, -0.2) is 5.91 Å². The number of carbonyl (C=O) groups excluding carboxylic acids is 1. The first-order valence-electron chi connectivity index (χ1n) is 8.38. The standard InChI is InChI=1S/C21H17F3N2OS/c22-21(23,24)15-8-4-10-17(12-15)26-20(27)19(14-6-2-1-3-7-14)28-18-11-5-9-16(25)13-18/h1-13,19H,25H2,(H,26,27). The number of nitrogens with two attached hydrogens (primary N) is 1. The molecule has 0 fully saturated rings. The van der Waals surface area contributed by atoms with Crippen LogP contribution in [-0.2, 0) is 11.0 Å². The Morgan fingerprint density at radius 3 is 2.32 bits per heavy atom. The van der Waals surface area contributed by atoms with E-state index >= 15 is 0 Å². The van der Waals surface area contributed by atoms with Crippen molar-refractivity contribution in [3.63, 3.8) is 0 Å². The molecule has 3 rings (SSSR count). The highest BCUT2D eigenvalue weighted by Gasteiger charge is 2.31. The van der Waals surface area contributed by atoms with Crippen molar-refractivity contribution in [2.45, 2.75) is 16.3 Å². The van der Waals surface area contributed by atoms with Gasteiger partial charge in [-0.05, 0) is 42.0 Å². The molecule has 0 aliphatic carbocycles. The summed E-state index contributed by atoms with van der Waals surface area (Å²) < 4.78 is 38.8. The highest BCUT2D eigenvalue weighted by molar-refractivity contribution is 8.00. The minimum absolute atomic E-state index is 0.0916. The lowest BCUT2D eigenvalue weighted by Gasteiger charge is -2.18. The number of halogens is 3. The monoisotopic (exact) mass is 402 g/mol. The van der Waals surface area contributed by atoms with Crippen molar-refractivity contribution in [1.29, 1.82) is 0 Å². The number of anilines is 2. The van der Waals surface area contributed by atoms with Crippen LogP contribution in [0.5, 0.6) is 0 Å². The highest BCUT2D eigenvalue weighted by Crippen LogP contribution is 2.37. The molecule has 3 aromatic carbocycles. The molecule has 3 aromatic rings. The number of nitrogen functional groups attached to an aromatic ring is 1. The van der Waals surface area contributed by atoms with Gasteiger partial charge in [0.05, 0.1) is 5.56 Å². The SMILES string of the molecule is Nc1cccc(SC(C(=O)Nc2cccc(C(F)(F)F)c2)c2ccccc2)c1. The quantitative estimate of drug-likeness (QED) is 0.421. The molecule has 7 heteroatoms. The van der Waals surface area contributed by atoms with E-state index in [1.54, 1.807) is 42.5 Å². The van der Waals surface area contributed by atoms with Crippen molar-refractivity contribution in [1.82, 2.24) is 0 Å². The van der Waals surface area contributed by atoms with E-state index in [9.17, 15) is 18.0 Å². The van der Waals surface area contributed by atoms with Crippen LogP contribution in [0.25, 0.3) is 0 Å². The van der Waals surface area contributed by atoms with Crippen molar-refractivity contribution in [3.05, 3.63) is 90.0 Å². The molecule has 0 aliphatic rings. The molecular formula is C21H17F3N2OS. The third-order valence-corrected chi connectivity index (χ3v) is 5.16. The number of amides is 1. The predicted molar refractivity (Wildman–Crippen MR) is 106 cm³/mol. The van der Waals surface area contributed by atoms with E-state index in [1.807, 2.05) is 12.1 Å². The highest BCUT2D eigenvalue weighted by atomic mass is 32.2. The summed E-state index contributed by atoms with van der Waals surface area (Å²) in [4.78, 5) is 13.7. The second-order valence-corrected chi connectivity index (χ2v) is 7.23. The van der Waals surface area contributed by atoms with Gasteiger partial charge in [-0.2, -0.15) is 13.2 Å². The molecule has 0 aliphatic heterocycles. The van der Waals surface area contributed by atoms with Gasteiger partial charge in [0, 0.05) is 16.3 Å². The summed E-state index contributed by atoms with van der Waals surface area (Å²) in [6.45, 7) is 0. The largest absolute Gasteiger partial charge is 0.416 e. The van der Waals surface area contributed by atoms with Crippen LogP contribution in [0.15, 0.2) is 83.8 Å². The molecule has 0 saturated carbocycles. The number of rotatable bonds is 5. The first-order chi connectivity index (χ1) is 13.3. The van der Waals surface area contributed by atoms with Crippen molar-refractivity contribution in [2.75, 3.05) is 11.1 Å². The number of hydrogen-bond acceptors (Lipinski definition) is 3. The van der Waals surface area contributed by atoms with Crippen molar-refractivity contribution < 1.29 is 18.0 Å². The van der Waals surface area contributed by atoms with Gasteiger partial charge in [-0.25, -0.2) is 0 Å². The van der Waals surface area contributed by atoms with Crippen LogP contribution in [0.3, 0.4) is 0 Å². The number of nitrogens with one attached hydrogen (secondary N) is 1. The lowest BCUT2D eigenvalue weighted by Crippen LogP contribution is -2.19. The molecule has 1 atom stereocenters. The van der Waals surface area contributed by atoms with Crippen LogP contribution in [0, 0.1) is 0 Å². The first-order valence-corrected chi connectivity index (χ1v) is 9.26. The van der Waals surface area contributed by atoms with Gasteiger partial charge in [-0.1, -0.05) is 42.5 Å². The molecule has 0 aromatic heterocycles. The summed E-state index contributed by atoms with van der Waals surface area (Å²) in [5.41, 5.74) is 6.39. The predicted octanol–water partition coefficient (Wildman–Crippen LogP) is 5.76. The second kappa shape index (κ2) is 8.39. The molecule has 0 bridgehead atoms. The molecule has 0 saturated heterocycles. The summed E-state index contributed by atoms with van der Waals surface area (Å²) in [6, 6.07) is 20.7. The van der Waals surface area contributed by atoms with Gasteiger partial charge in [0.2, 0.25) is 5.91 Å². The van der Waals surface area contributed by atoms with E-state index < -0.39 is 22.9 Å². The van der Waals surface area contributed by atoms with Crippen LogP contribution in [0.1, 0.15) is 16.4 Å². The zero-order valence-electron chi connectivity index (χ0n) is 14.6. The Hall–Kier alpha value is -2.93. The molecule has 0 radical (unpaired) electrons. The zero-order valence-corrected chi connectivity index (χ0v) is 15.4. The molecule has 1 unspecified atom stereocenters. The molecule has 0 heterocycles. The normalized spacial score (nSPS) is 12.4. The van der Waals surface area contributed by atoms with Crippen molar-refractivity contribution in [3.8, 4) is 0 Å². The van der Waals surface area contributed by atoms with Crippen LogP contribution < -0.4 is 11.1 Å². The van der Waals surface area contributed by atoms with Gasteiger partial charge < -0.3 is 11.1 Å². The fraction of sp³-hybridized carbons (Fsp3) is 0.0952. The van der Waals surface area contributed by atoms with Crippen LogP contribution in [0.4, 0.5) is 24.5 Å². The maximum Gasteiger partial charge on any atom is 0.416 e. The third-order valence-electron chi connectivity index (χ3n) is 3.91. The lowest BCUT2D eigenvalue weighted by molar-refractivity contribution is -0.137. The van der Waals surface area contributed by atoms with Crippen LogP contribution in [0.2, 0.25) is 0 Å². The summed E-state index contributed by atoms with van der Waals surface area (Å²) >= 11 is 1.28. The van der Waals surface area contributed by atoms with E-state index in [1.165, 1.54) is 23.9 Å². The van der Waals surface area contributed by atoms with Gasteiger partial charge >= 0.3 is 6.18 Å². The van der Waals surface area contributed by atoms with Crippen molar-refractivity contribution >= 4 is 29.0 Å². The Balaban J connectivity index is 1.87. The topological polar surface area (TPSA) is 55.1 Å². The number of benzene rings is 3. The fourth-order valence-corrected chi connectivity index (χ4v) is 3.70.